The highest BCUT2D eigenvalue weighted by Crippen LogP contribution is 2.29. The van der Waals surface area contributed by atoms with Crippen molar-refractivity contribution in [1.82, 2.24) is 0 Å². The number of anilines is 1. The molecule has 0 radical (unpaired) electrons. The van der Waals surface area contributed by atoms with Crippen LogP contribution in [0.2, 0.25) is 5.02 Å². The number of rotatable bonds is 3. The quantitative estimate of drug-likeness (QED) is 0.742. The van der Waals surface area contributed by atoms with Crippen LogP contribution in [0.5, 0.6) is 5.75 Å². The first kappa shape index (κ1) is 15.3. The summed E-state index contributed by atoms with van der Waals surface area (Å²) in [5.41, 5.74) is 0.523. The second kappa shape index (κ2) is 6.26. The molecule has 3 rings (SSSR count). The molecule has 0 atom stereocenters. The van der Waals surface area contributed by atoms with Gasteiger partial charge in [0, 0.05) is 16.0 Å². The number of amides is 1. The van der Waals surface area contributed by atoms with Gasteiger partial charge in [0.1, 0.15) is 11.6 Å². The molecule has 0 fully saturated rings. The molecule has 5 heteroatoms. The fourth-order valence-electron chi connectivity index (χ4n) is 2.43. The summed E-state index contributed by atoms with van der Waals surface area (Å²) < 4.78 is 19.1. The van der Waals surface area contributed by atoms with Gasteiger partial charge in [-0.3, -0.25) is 4.79 Å². The zero-order chi connectivity index (χ0) is 16.4. The number of hydrogen-bond donors (Lipinski definition) is 1. The molecule has 3 aromatic carbocycles. The zero-order valence-electron chi connectivity index (χ0n) is 12.3. The molecule has 116 valence electrons. The Kier molecular flexibility index (Phi) is 4.17. The van der Waals surface area contributed by atoms with Crippen molar-refractivity contribution in [2.45, 2.75) is 0 Å². The highest BCUT2D eigenvalue weighted by atomic mass is 35.5. The summed E-state index contributed by atoms with van der Waals surface area (Å²) in [5, 5.41) is 4.40. The van der Waals surface area contributed by atoms with Gasteiger partial charge in [0.2, 0.25) is 0 Å². The zero-order valence-corrected chi connectivity index (χ0v) is 13.0. The number of halogens is 2. The summed E-state index contributed by atoms with van der Waals surface area (Å²) in [5.74, 6) is -0.302. The van der Waals surface area contributed by atoms with Crippen molar-refractivity contribution in [2.24, 2.45) is 0 Å². The summed E-state index contributed by atoms with van der Waals surface area (Å²) in [7, 11) is 1.57. The van der Waals surface area contributed by atoms with E-state index < -0.39 is 11.7 Å². The number of hydrogen-bond acceptors (Lipinski definition) is 2. The molecule has 0 unspecified atom stereocenters. The predicted molar refractivity (Wildman–Crippen MR) is 89.9 cm³/mol. The molecular weight excluding hydrogens is 317 g/mol. The Balaban J connectivity index is 2.01. The molecule has 0 saturated carbocycles. The van der Waals surface area contributed by atoms with E-state index in [0.717, 1.165) is 16.8 Å². The second-order valence-electron chi connectivity index (χ2n) is 4.94. The van der Waals surface area contributed by atoms with Gasteiger partial charge in [0.25, 0.3) is 5.91 Å². The maximum atomic E-state index is 13.8. The van der Waals surface area contributed by atoms with Crippen LogP contribution < -0.4 is 10.1 Å². The first-order valence-electron chi connectivity index (χ1n) is 6.92. The average molecular weight is 330 g/mol. The van der Waals surface area contributed by atoms with Gasteiger partial charge in [-0.05, 0) is 35.7 Å². The minimum absolute atomic E-state index is 0.0827. The smallest absolute Gasteiger partial charge is 0.256 e. The molecule has 3 nitrogen and oxygen atoms in total. The molecule has 3 aromatic rings. The first-order valence-corrected chi connectivity index (χ1v) is 7.30. The standard InChI is InChI=1S/C18H13ClFNO2/c1-23-17-9-7-14(12-4-2-3-5-13(12)17)18(22)21-16-8-6-11(19)10-15(16)20/h2-10H,1H3,(H,21,22). The largest absolute Gasteiger partial charge is 0.496 e. The number of carbonyl (C=O) groups excluding carboxylic acids is 1. The third-order valence-corrected chi connectivity index (χ3v) is 3.76. The number of methoxy groups -OCH3 is 1. The number of carbonyl (C=O) groups is 1. The lowest BCUT2D eigenvalue weighted by Crippen LogP contribution is -2.13. The van der Waals surface area contributed by atoms with Crippen LogP contribution >= 0.6 is 11.6 Å². The van der Waals surface area contributed by atoms with Gasteiger partial charge in [-0.2, -0.15) is 0 Å². The van der Waals surface area contributed by atoms with Gasteiger partial charge in [0.05, 0.1) is 12.8 Å². The van der Waals surface area contributed by atoms with E-state index in [1.54, 1.807) is 19.2 Å². The summed E-state index contributed by atoms with van der Waals surface area (Å²) in [4.78, 5) is 12.5. The number of benzene rings is 3. The van der Waals surface area contributed by atoms with Crippen molar-refractivity contribution in [3.05, 3.63) is 71.0 Å². The molecule has 0 aliphatic heterocycles. The van der Waals surface area contributed by atoms with Gasteiger partial charge in [-0.25, -0.2) is 4.39 Å². The van der Waals surface area contributed by atoms with E-state index in [0.29, 0.717) is 11.3 Å². The van der Waals surface area contributed by atoms with Crippen molar-refractivity contribution < 1.29 is 13.9 Å². The van der Waals surface area contributed by atoms with Crippen LogP contribution in [-0.4, -0.2) is 13.0 Å². The van der Waals surface area contributed by atoms with E-state index in [1.807, 2.05) is 24.3 Å². The molecule has 1 amide bonds. The Morgan fingerprint density at radius 3 is 2.52 bits per heavy atom. The normalized spacial score (nSPS) is 10.6. The third kappa shape index (κ3) is 2.98. The lowest BCUT2D eigenvalue weighted by molar-refractivity contribution is 0.102. The van der Waals surface area contributed by atoms with Crippen LogP contribution in [0.25, 0.3) is 10.8 Å². The van der Waals surface area contributed by atoms with E-state index in [4.69, 9.17) is 16.3 Å². The molecule has 0 heterocycles. The Bertz CT molecular complexity index is 895. The van der Waals surface area contributed by atoms with Crippen LogP contribution in [0.3, 0.4) is 0 Å². The summed E-state index contributed by atoms with van der Waals surface area (Å²) in [6.45, 7) is 0. The van der Waals surface area contributed by atoms with Crippen LogP contribution in [-0.2, 0) is 0 Å². The van der Waals surface area contributed by atoms with Crippen LogP contribution in [0.4, 0.5) is 10.1 Å². The monoisotopic (exact) mass is 329 g/mol. The SMILES string of the molecule is COc1ccc(C(=O)Nc2ccc(Cl)cc2F)c2ccccc12. The van der Waals surface area contributed by atoms with Crippen molar-refractivity contribution in [1.29, 1.82) is 0 Å². The molecule has 1 N–H and O–H groups in total. The average Bonchev–Trinajstić information content (AvgIpc) is 2.56. The minimum atomic E-state index is -0.580. The van der Waals surface area contributed by atoms with Gasteiger partial charge in [-0.1, -0.05) is 35.9 Å². The Morgan fingerprint density at radius 1 is 1.09 bits per heavy atom. The Morgan fingerprint density at radius 2 is 1.83 bits per heavy atom. The fraction of sp³-hybridized carbons (Fsp3) is 0.0556. The van der Waals surface area contributed by atoms with E-state index >= 15 is 0 Å². The second-order valence-corrected chi connectivity index (χ2v) is 5.38. The minimum Gasteiger partial charge on any atom is -0.496 e. The highest BCUT2D eigenvalue weighted by Gasteiger charge is 2.14. The number of nitrogens with one attached hydrogen (secondary N) is 1. The molecule has 0 aromatic heterocycles. The van der Waals surface area contributed by atoms with E-state index in [9.17, 15) is 9.18 Å². The number of ether oxygens (including phenoxy) is 1. The maximum absolute atomic E-state index is 13.8. The third-order valence-electron chi connectivity index (χ3n) is 3.53. The molecule has 0 bridgehead atoms. The van der Waals surface area contributed by atoms with Crippen LogP contribution in [0, 0.1) is 5.82 Å². The summed E-state index contributed by atoms with van der Waals surface area (Å²) >= 11 is 5.72. The lowest BCUT2D eigenvalue weighted by Gasteiger charge is -2.11. The van der Waals surface area contributed by atoms with E-state index in [-0.39, 0.29) is 10.7 Å². The maximum Gasteiger partial charge on any atom is 0.256 e. The first-order chi connectivity index (χ1) is 11.1. The lowest BCUT2D eigenvalue weighted by atomic mass is 10.0. The predicted octanol–water partition coefficient (Wildman–Crippen LogP) is 4.89. The fourth-order valence-corrected chi connectivity index (χ4v) is 2.59. The van der Waals surface area contributed by atoms with Crippen molar-refractivity contribution in [3.63, 3.8) is 0 Å². The summed E-state index contributed by atoms with van der Waals surface area (Å²) in [6, 6.07) is 14.9. The van der Waals surface area contributed by atoms with Crippen LogP contribution in [0.15, 0.2) is 54.6 Å². The molecule has 0 saturated heterocycles. The van der Waals surface area contributed by atoms with E-state index in [2.05, 4.69) is 5.32 Å². The van der Waals surface area contributed by atoms with Crippen molar-refractivity contribution >= 4 is 34.0 Å². The molecular formula is C18H13ClFNO2. The topological polar surface area (TPSA) is 38.3 Å². The molecule has 23 heavy (non-hydrogen) atoms. The highest BCUT2D eigenvalue weighted by molar-refractivity contribution is 6.30. The molecule has 0 aliphatic rings. The van der Waals surface area contributed by atoms with Gasteiger partial charge in [0.15, 0.2) is 0 Å². The van der Waals surface area contributed by atoms with Gasteiger partial charge < -0.3 is 10.1 Å². The molecule has 0 spiro atoms. The van der Waals surface area contributed by atoms with Crippen molar-refractivity contribution in [3.8, 4) is 5.75 Å². The molecule has 0 aliphatic carbocycles. The Labute approximate surface area is 137 Å². The van der Waals surface area contributed by atoms with Gasteiger partial charge in [-0.15, -0.1) is 0 Å². The van der Waals surface area contributed by atoms with Crippen LogP contribution in [0.1, 0.15) is 10.4 Å². The number of fused-ring (bicyclic) bond motifs is 1. The summed E-state index contributed by atoms with van der Waals surface area (Å²) in [6.07, 6.45) is 0. The van der Waals surface area contributed by atoms with Gasteiger partial charge >= 0.3 is 0 Å². The Hall–Kier alpha value is -2.59. The van der Waals surface area contributed by atoms with Crippen molar-refractivity contribution in [2.75, 3.05) is 12.4 Å². The van der Waals surface area contributed by atoms with E-state index in [1.165, 1.54) is 12.1 Å².